The summed E-state index contributed by atoms with van der Waals surface area (Å²) >= 11 is 6.91. The summed E-state index contributed by atoms with van der Waals surface area (Å²) in [7, 11) is 0. The third kappa shape index (κ3) is 4.00. The maximum absolute atomic E-state index is 14.4. The standard InChI is InChI=1S/C16H14ClF2N5OS/c1-10(26-15-5-4-14(17)22-23-15)16(25,7-24-9-20-8-21-24)12-3-2-11(18)6-13(12)19/h2-6,8-10,25H,7H2,1H3/t10-,16-/m1/s1. The second-order valence-electron chi connectivity index (χ2n) is 5.60. The summed E-state index contributed by atoms with van der Waals surface area (Å²) in [6.45, 7) is 1.63. The number of nitrogens with zero attached hydrogens (tertiary/aromatic N) is 5. The van der Waals surface area contributed by atoms with Crippen LogP contribution in [0.3, 0.4) is 0 Å². The van der Waals surface area contributed by atoms with Gasteiger partial charge in [0, 0.05) is 16.9 Å². The Kier molecular flexibility index (Phi) is 5.49. The van der Waals surface area contributed by atoms with Crippen molar-refractivity contribution < 1.29 is 13.9 Å². The van der Waals surface area contributed by atoms with E-state index in [1.54, 1.807) is 19.1 Å². The molecule has 0 saturated carbocycles. The topological polar surface area (TPSA) is 76.7 Å². The Hall–Kier alpha value is -2.10. The van der Waals surface area contributed by atoms with Crippen LogP contribution in [0, 0.1) is 11.6 Å². The van der Waals surface area contributed by atoms with Gasteiger partial charge in [-0.25, -0.2) is 18.4 Å². The summed E-state index contributed by atoms with van der Waals surface area (Å²) in [5.74, 6) is -1.57. The summed E-state index contributed by atoms with van der Waals surface area (Å²) < 4.78 is 29.1. The first-order valence-corrected chi connectivity index (χ1v) is 8.80. The van der Waals surface area contributed by atoms with Gasteiger partial charge in [-0.05, 0) is 25.1 Å². The van der Waals surface area contributed by atoms with Crippen molar-refractivity contribution in [3.05, 3.63) is 65.3 Å². The summed E-state index contributed by atoms with van der Waals surface area (Å²) in [6, 6.07) is 6.28. The Morgan fingerprint density at radius 1 is 1.27 bits per heavy atom. The van der Waals surface area contributed by atoms with Gasteiger partial charge in [0.1, 0.15) is 34.9 Å². The highest BCUT2D eigenvalue weighted by atomic mass is 35.5. The average Bonchev–Trinajstić information content (AvgIpc) is 3.09. The number of halogens is 3. The molecule has 0 radical (unpaired) electrons. The molecular weight excluding hydrogens is 384 g/mol. The van der Waals surface area contributed by atoms with Crippen LogP contribution in [0.1, 0.15) is 12.5 Å². The molecule has 0 fully saturated rings. The van der Waals surface area contributed by atoms with E-state index in [0.717, 1.165) is 12.1 Å². The van der Waals surface area contributed by atoms with Crippen molar-refractivity contribution in [2.75, 3.05) is 0 Å². The van der Waals surface area contributed by atoms with Crippen LogP contribution < -0.4 is 0 Å². The van der Waals surface area contributed by atoms with Gasteiger partial charge < -0.3 is 5.11 Å². The fourth-order valence-corrected chi connectivity index (χ4v) is 3.57. The molecule has 2 aromatic heterocycles. The van der Waals surface area contributed by atoms with Crippen LogP contribution in [-0.2, 0) is 12.1 Å². The van der Waals surface area contributed by atoms with Gasteiger partial charge in [0.2, 0.25) is 0 Å². The predicted molar refractivity (Wildman–Crippen MR) is 92.6 cm³/mol. The molecule has 10 heteroatoms. The SMILES string of the molecule is C[C@@H](Sc1ccc(Cl)nn1)[C@](O)(Cn1cncn1)c1ccc(F)cc1F. The summed E-state index contributed by atoms with van der Waals surface area (Å²) in [5, 5.41) is 23.2. The van der Waals surface area contributed by atoms with Crippen LogP contribution >= 0.6 is 23.4 Å². The van der Waals surface area contributed by atoms with Crippen LogP contribution in [0.5, 0.6) is 0 Å². The number of thioether (sulfide) groups is 1. The number of rotatable bonds is 6. The lowest BCUT2D eigenvalue weighted by atomic mass is 9.90. The monoisotopic (exact) mass is 397 g/mol. The summed E-state index contributed by atoms with van der Waals surface area (Å²) in [4.78, 5) is 3.83. The summed E-state index contributed by atoms with van der Waals surface area (Å²) in [6.07, 6.45) is 2.72. The van der Waals surface area contributed by atoms with Gasteiger partial charge in [0.05, 0.1) is 6.54 Å². The van der Waals surface area contributed by atoms with Crippen LogP contribution in [0.2, 0.25) is 5.15 Å². The molecule has 0 spiro atoms. The first-order chi connectivity index (χ1) is 12.4. The van der Waals surface area contributed by atoms with Crippen molar-refractivity contribution >= 4 is 23.4 Å². The first-order valence-electron chi connectivity index (χ1n) is 7.54. The molecule has 136 valence electrons. The largest absolute Gasteiger partial charge is 0.382 e. The Morgan fingerprint density at radius 2 is 2.08 bits per heavy atom. The Balaban J connectivity index is 1.97. The first kappa shape index (κ1) is 18.7. The molecule has 26 heavy (non-hydrogen) atoms. The van der Waals surface area contributed by atoms with Gasteiger partial charge in [0.25, 0.3) is 0 Å². The van der Waals surface area contributed by atoms with Crippen molar-refractivity contribution in [2.24, 2.45) is 0 Å². The molecule has 2 atom stereocenters. The van der Waals surface area contributed by atoms with Crippen molar-refractivity contribution in [1.29, 1.82) is 0 Å². The molecule has 3 rings (SSSR count). The van der Waals surface area contributed by atoms with Crippen LogP contribution in [0.4, 0.5) is 8.78 Å². The molecular formula is C16H14ClF2N5OS. The Morgan fingerprint density at radius 3 is 2.69 bits per heavy atom. The van der Waals surface area contributed by atoms with E-state index < -0.39 is 22.5 Å². The number of benzene rings is 1. The van der Waals surface area contributed by atoms with Crippen LogP contribution in [0.25, 0.3) is 0 Å². The van der Waals surface area contributed by atoms with Gasteiger partial charge in [0.15, 0.2) is 5.15 Å². The Bertz CT molecular complexity index is 881. The molecule has 6 nitrogen and oxygen atoms in total. The predicted octanol–water partition coefficient (Wildman–Crippen LogP) is 3.07. The zero-order valence-electron chi connectivity index (χ0n) is 13.6. The lowest BCUT2D eigenvalue weighted by Crippen LogP contribution is -2.41. The highest BCUT2D eigenvalue weighted by Gasteiger charge is 2.40. The number of hydrogen-bond acceptors (Lipinski definition) is 6. The number of hydrogen-bond donors (Lipinski definition) is 1. The van der Waals surface area contributed by atoms with E-state index >= 15 is 0 Å². The lowest BCUT2D eigenvalue weighted by Gasteiger charge is -2.34. The van der Waals surface area contributed by atoms with E-state index in [1.165, 1.54) is 35.2 Å². The van der Waals surface area contributed by atoms with E-state index in [0.29, 0.717) is 5.03 Å². The van der Waals surface area contributed by atoms with E-state index in [4.69, 9.17) is 11.6 Å². The smallest absolute Gasteiger partial charge is 0.151 e. The van der Waals surface area contributed by atoms with Crippen LogP contribution in [-0.4, -0.2) is 35.3 Å². The third-order valence-corrected chi connectivity index (χ3v) is 5.25. The van der Waals surface area contributed by atoms with Gasteiger partial charge in [-0.15, -0.1) is 10.2 Å². The molecule has 3 aromatic rings. The highest BCUT2D eigenvalue weighted by Crippen LogP contribution is 2.38. The maximum atomic E-state index is 14.4. The van der Waals surface area contributed by atoms with E-state index in [-0.39, 0.29) is 17.3 Å². The minimum Gasteiger partial charge on any atom is -0.382 e. The van der Waals surface area contributed by atoms with E-state index in [2.05, 4.69) is 20.3 Å². The Labute approximate surface area is 157 Å². The fourth-order valence-electron chi connectivity index (χ4n) is 2.48. The molecule has 0 aliphatic heterocycles. The molecule has 0 saturated heterocycles. The van der Waals surface area contributed by atoms with Crippen LogP contribution in [0.15, 0.2) is 48.0 Å². The molecule has 0 bridgehead atoms. The molecule has 1 N–H and O–H groups in total. The van der Waals surface area contributed by atoms with Crippen molar-refractivity contribution in [1.82, 2.24) is 25.0 Å². The molecule has 0 aliphatic rings. The molecule has 0 amide bonds. The zero-order chi connectivity index (χ0) is 18.7. The minimum atomic E-state index is -1.71. The minimum absolute atomic E-state index is 0.0451. The maximum Gasteiger partial charge on any atom is 0.151 e. The molecule has 0 aliphatic carbocycles. The van der Waals surface area contributed by atoms with Gasteiger partial charge >= 0.3 is 0 Å². The average molecular weight is 398 g/mol. The number of aliphatic hydroxyl groups is 1. The second-order valence-corrected chi connectivity index (χ2v) is 7.34. The normalized spacial score (nSPS) is 14.8. The quantitative estimate of drug-likeness (QED) is 0.644. The zero-order valence-corrected chi connectivity index (χ0v) is 15.1. The summed E-state index contributed by atoms with van der Waals surface area (Å²) in [5.41, 5.74) is -1.76. The molecule has 0 unspecified atom stereocenters. The fraction of sp³-hybridized carbons (Fsp3) is 0.250. The van der Waals surface area contributed by atoms with Crippen molar-refractivity contribution in [3.8, 4) is 0 Å². The van der Waals surface area contributed by atoms with Crippen molar-refractivity contribution in [3.63, 3.8) is 0 Å². The third-order valence-electron chi connectivity index (χ3n) is 3.84. The lowest BCUT2D eigenvalue weighted by molar-refractivity contribution is 0.0133. The van der Waals surface area contributed by atoms with Crippen molar-refractivity contribution in [2.45, 2.75) is 29.3 Å². The molecule has 1 aromatic carbocycles. The molecule has 2 heterocycles. The van der Waals surface area contributed by atoms with Gasteiger partial charge in [-0.1, -0.05) is 29.4 Å². The second kappa shape index (κ2) is 7.65. The number of aromatic nitrogens is 5. The van der Waals surface area contributed by atoms with Gasteiger partial charge in [-0.3, -0.25) is 0 Å². The van der Waals surface area contributed by atoms with E-state index in [1.807, 2.05) is 0 Å². The van der Waals surface area contributed by atoms with Gasteiger partial charge in [-0.2, -0.15) is 5.10 Å². The van der Waals surface area contributed by atoms with E-state index in [9.17, 15) is 13.9 Å². The highest BCUT2D eigenvalue weighted by molar-refractivity contribution is 7.99.